The van der Waals surface area contributed by atoms with Crippen molar-refractivity contribution in [3.05, 3.63) is 28.8 Å². The van der Waals surface area contributed by atoms with Crippen molar-refractivity contribution < 1.29 is 4.74 Å². The molecule has 4 nitrogen and oxygen atoms in total. The van der Waals surface area contributed by atoms with Crippen molar-refractivity contribution in [1.82, 2.24) is 0 Å². The van der Waals surface area contributed by atoms with Crippen LogP contribution < -0.4 is 11.1 Å². The maximum Gasteiger partial charge on any atom is 0.0992 e. The van der Waals surface area contributed by atoms with E-state index in [1.165, 1.54) is 0 Å². The van der Waals surface area contributed by atoms with Gasteiger partial charge in [-0.25, -0.2) is 0 Å². The molecule has 18 heavy (non-hydrogen) atoms. The number of nitrogens with zero attached hydrogens (tertiary/aromatic N) is 1. The topological polar surface area (TPSA) is 71.1 Å². The summed E-state index contributed by atoms with van der Waals surface area (Å²) in [5.41, 5.74) is 6.87. The zero-order valence-electron chi connectivity index (χ0n) is 10.4. The predicted octanol–water partition coefficient (Wildman–Crippen LogP) is 2.38. The summed E-state index contributed by atoms with van der Waals surface area (Å²) < 4.78 is 5.16. The molecule has 1 atom stereocenters. The molecule has 1 aromatic carbocycles. The van der Waals surface area contributed by atoms with Crippen LogP contribution in [0.25, 0.3) is 0 Å². The van der Waals surface area contributed by atoms with Crippen molar-refractivity contribution in [3.63, 3.8) is 0 Å². The summed E-state index contributed by atoms with van der Waals surface area (Å²) in [6.07, 6.45) is 1.84. The molecule has 0 amide bonds. The Hall–Kier alpha value is -1.28. The van der Waals surface area contributed by atoms with E-state index in [4.69, 9.17) is 27.3 Å². The van der Waals surface area contributed by atoms with Crippen LogP contribution in [0.15, 0.2) is 18.2 Å². The molecule has 1 unspecified atom stereocenters. The van der Waals surface area contributed by atoms with Gasteiger partial charge >= 0.3 is 0 Å². The monoisotopic (exact) mass is 267 g/mol. The molecule has 3 N–H and O–H groups in total. The second-order valence-electron chi connectivity index (χ2n) is 4.03. The van der Waals surface area contributed by atoms with E-state index in [0.29, 0.717) is 23.7 Å². The Morgan fingerprint density at radius 2 is 2.33 bits per heavy atom. The Labute approximate surface area is 113 Å². The van der Waals surface area contributed by atoms with Gasteiger partial charge < -0.3 is 15.8 Å². The first-order chi connectivity index (χ1) is 8.71. The number of methoxy groups -OCH3 is 1. The fraction of sp³-hybridized carbons (Fsp3) is 0.462. The number of hydrogen-bond acceptors (Lipinski definition) is 4. The lowest BCUT2D eigenvalue weighted by atomic mass is 10.1. The molecule has 1 rings (SSSR count). The van der Waals surface area contributed by atoms with Crippen LogP contribution in [0.3, 0.4) is 0 Å². The van der Waals surface area contributed by atoms with Crippen molar-refractivity contribution in [2.75, 3.05) is 25.6 Å². The van der Waals surface area contributed by atoms with E-state index in [2.05, 4.69) is 11.4 Å². The number of ether oxygens (including phenoxy) is 1. The lowest BCUT2D eigenvalue weighted by molar-refractivity contribution is 0.182. The van der Waals surface area contributed by atoms with E-state index in [-0.39, 0.29) is 6.04 Å². The second-order valence-corrected chi connectivity index (χ2v) is 4.44. The van der Waals surface area contributed by atoms with E-state index in [1.807, 2.05) is 6.07 Å². The van der Waals surface area contributed by atoms with Crippen LogP contribution >= 0.6 is 11.6 Å². The number of halogens is 1. The van der Waals surface area contributed by atoms with Crippen LogP contribution in [-0.2, 0) is 4.74 Å². The van der Waals surface area contributed by atoms with E-state index >= 15 is 0 Å². The first-order valence-corrected chi connectivity index (χ1v) is 6.24. The van der Waals surface area contributed by atoms with Crippen molar-refractivity contribution in [2.45, 2.75) is 18.9 Å². The summed E-state index contributed by atoms with van der Waals surface area (Å²) >= 11 is 6.11. The molecule has 0 radical (unpaired) electrons. The van der Waals surface area contributed by atoms with Gasteiger partial charge in [0.25, 0.3) is 0 Å². The molecule has 98 valence electrons. The number of benzene rings is 1. The van der Waals surface area contributed by atoms with Gasteiger partial charge in [0.05, 0.1) is 28.9 Å². The number of nitrogens with two attached hydrogens (primary N) is 1. The van der Waals surface area contributed by atoms with Crippen molar-refractivity contribution in [2.24, 2.45) is 5.73 Å². The van der Waals surface area contributed by atoms with Crippen LogP contribution in [0.1, 0.15) is 18.4 Å². The van der Waals surface area contributed by atoms with E-state index in [1.54, 1.807) is 19.2 Å². The molecule has 0 fully saturated rings. The Kier molecular flexibility index (Phi) is 6.51. The minimum absolute atomic E-state index is 0.170. The largest absolute Gasteiger partial charge is 0.383 e. The molecule has 0 saturated carbocycles. The average molecular weight is 268 g/mol. The van der Waals surface area contributed by atoms with Gasteiger partial charge in [-0.15, -0.1) is 0 Å². The molecular weight excluding hydrogens is 250 g/mol. The third-order valence-corrected chi connectivity index (χ3v) is 2.90. The minimum Gasteiger partial charge on any atom is -0.383 e. The maximum atomic E-state index is 8.77. The van der Waals surface area contributed by atoms with E-state index in [9.17, 15) is 0 Å². The van der Waals surface area contributed by atoms with Gasteiger partial charge in [0.2, 0.25) is 0 Å². The van der Waals surface area contributed by atoms with Crippen LogP contribution in [0.5, 0.6) is 0 Å². The molecule has 1 aromatic rings. The van der Waals surface area contributed by atoms with Crippen molar-refractivity contribution in [3.8, 4) is 6.07 Å². The number of anilines is 1. The lowest BCUT2D eigenvalue weighted by Crippen LogP contribution is -2.26. The summed E-state index contributed by atoms with van der Waals surface area (Å²) in [6.45, 7) is 1.25. The third kappa shape index (κ3) is 4.53. The van der Waals surface area contributed by atoms with Crippen LogP contribution in [-0.4, -0.2) is 26.3 Å². The van der Waals surface area contributed by atoms with Gasteiger partial charge in [0.15, 0.2) is 0 Å². The van der Waals surface area contributed by atoms with Crippen LogP contribution in [0.4, 0.5) is 5.69 Å². The van der Waals surface area contributed by atoms with Gasteiger partial charge in [-0.05, 0) is 37.6 Å². The Bertz CT molecular complexity index is 417. The van der Waals surface area contributed by atoms with Gasteiger partial charge in [0.1, 0.15) is 0 Å². The average Bonchev–Trinajstić information content (AvgIpc) is 2.38. The summed E-state index contributed by atoms with van der Waals surface area (Å²) in [4.78, 5) is 0. The van der Waals surface area contributed by atoms with E-state index < -0.39 is 0 Å². The Morgan fingerprint density at radius 1 is 1.56 bits per heavy atom. The summed E-state index contributed by atoms with van der Waals surface area (Å²) in [5, 5.41) is 12.6. The molecular formula is C13H18ClN3O. The molecule has 0 saturated heterocycles. The quantitative estimate of drug-likeness (QED) is 0.796. The number of hydrogen-bond donors (Lipinski definition) is 2. The Balaban J connectivity index is 2.71. The zero-order chi connectivity index (χ0) is 13.4. The molecule has 0 spiro atoms. The fourth-order valence-corrected chi connectivity index (χ4v) is 1.92. The lowest BCUT2D eigenvalue weighted by Gasteiger charge is -2.19. The van der Waals surface area contributed by atoms with Crippen LogP contribution in [0.2, 0.25) is 5.02 Å². The summed E-state index contributed by atoms with van der Waals surface area (Å²) in [7, 11) is 1.66. The second kappa shape index (κ2) is 7.93. The number of nitrogens with one attached hydrogen (secondary N) is 1. The zero-order valence-corrected chi connectivity index (χ0v) is 11.2. The highest BCUT2D eigenvalue weighted by atomic mass is 35.5. The SMILES string of the molecule is COCC(CCCN)Nc1ccc(C#N)cc1Cl. The standard InChI is InChI=1S/C13H18ClN3O/c1-18-9-11(3-2-6-15)17-13-5-4-10(8-16)7-12(13)14/h4-5,7,11,17H,2-3,6,9,15H2,1H3. The van der Waals surface area contributed by atoms with Gasteiger partial charge in [-0.1, -0.05) is 11.6 Å². The van der Waals surface area contributed by atoms with Crippen molar-refractivity contribution in [1.29, 1.82) is 5.26 Å². The molecule has 0 aromatic heterocycles. The molecule has 0 aliphatic carbocycles. The number of rotatable bonds is 7. The first-order valence-electron chi connectivity index (χ1n) is 5.86. The summed E-state index contributed by atoms with van der Waals surface area (Å²) in [6, 6.07) is 7.42. The van der Waals surface area contributed by atoms with Gasteiger partial charge in [-0.2, -0.15) is 5.26 Å². The maximum absolute atomic E-state index is 8.77. The van der Waals surface area contributed by atoms with Crippen molar-refractivity contribution >= 4 is 17.3 Å². The number of nitriles is 1. The highest BCUT2D eigenvalue weighted by Gasteiger charge is 2.10. The molecule has 0 bridgehead atoms. The third-order valence-electron chi connectivity index (χ3n) is 2.58. The smallest absolute Gasteiger partial charge is 0.0992 e. The highest BCUT2D eigenvalue weighted by Crippen LogP contribution is 2.24. The van der Waals surface area contributed by atoms with Gasteiger partial charge in [0, 0.05) is 13.2 Å². The predicted molar refractivity (Wildman–Crippen MR) is 73.7 cm³/mol. The normalized spacial score (nSPS) is 11.9. The fourth-order valence-electron chi connectivity index (χ4n) is 1.68. The highest BCUT2D eigenvalue weighted by molar-refractivity contribution is 6.33. The van der Waals surface area contributed by atoms with Gasteiger partial charge in [-0.3, -0.25) is 0 Å². The molecule has 5 heteroatoms. The first kappa shape index (κ1) is 14.8. The van der Waals surface area contributed by atoms with Crippen LogP contribution in [0, 0.1) is 11.3 Å². The molecule has 0 aliphatic rings. The minimum atomic E-state index is 0.170. The summed E-state index contributed by atoms with van der Waals surface area (Å²) in [5.74, 6) is 0. The molecule has 0 heterocycles. The van der Waals surface area contributed by atoms with E-state index in [0.717, 1.165) is 18.5 Å². The molecule has 0 aliphatic heterocycles. The Morgan fingerprint density at radius 3 is 2.89 bits per heavy atom.